The zero-order valence-electron chi connectivity index (χ0n) is 17.4. The number of carbonyl (C=O) groups is 2. The van der Waals surface area contributed by atoms with Gasteiger partial charge in [0.1, 0.15) is 5.78 Å². The van der Waals surface area contributed by atoms with Gasteiger partial charge in [-0.15, -0.1) is 0 Å². The molecule has 3 heteroatoms. The molecule has 0 saturated heterocycles. The number of ketones is 2. The van der Waals surface area contributed by atoms with E-state index in [0.717, 1.165) is 43.2 Å². The van der Waals surface area contributed by atoms with Crippen LogP contribution in [0.3, 0.4) is 0 Å². The molecule has 3 saturated carbocycles. The van der Waals surface area contributed by atoms with E-state index in [1.54, 1.807) is 6.08 Å². The topological polar surface area (TPSA) is 43.4 Å². The third kappa shape index (κ3) is 2.89. The molecular weight excluding hydrogens is 360 g/mol. The number of benzene rings is 1. The maximum atomic E-state index is 12.7. The first-order chi connectivity index (χ1) is 13.9. The normalized spacial score (nSPS) is 40.8. The van der Waals surface area contributed by atoms with Crippen LogP contribution in [0.4, 0.5) is 0 Å². The van der Waals surface area contributed by atoms with Gasteiger partial charge < -0.3 is 4.74 Å². The van der Waals surface area contributed by atoms with Gasteiger partial charge in [-0.1, -0.05) is 50.3 Å². The highest BCUT2D eigenvalue weighted by molar-refractivity contribution is 6.01. The minimum absolute atomic E-state index is 0.0617. The average Bonchev–Trinajstić information content (AvgIpc) is 3.03. The molecule has 0 N–H and O–H groups in total. The third-order valence-corrected chi connectivity index (χ3v) is 8.56. The molecule has 4 aliphatic carbocycles. The summed E-state index contributed by atoms with van der Waals surface area (Å²) in [6, 6.07) is 10.2. The quantitative estimate of drug-likeness (QED) is 0.725. The van der Waals surface area contributed by atoms with Crippen molar-refractivity contribution in [3.8, 4) is 0 Å². The molecule has 0 unspecified atom stereocenters. The van der Waals surface area contributed by atoms with Crippen LogP contribution in [0.15, 0.2) is 54.1 Å². The van der Waals surface area contributed by atoms with Crippen molar-refractivity contribution in [2.24, 2.45) is 28.6 Å². The monoisotopic (exact) mass is 390 g/mol. The lowest BCUT2D eigenvalue weighted by atomic mass is 9.48. The third-order valence-electron chi connectivity index (χ3n) is 8.56. The molecule has 0 aliphatic heterocycles. The smallest absolute Gasteiger partial charge is 0.178 e. The molecule has 152 valence electrons. The molecule has 0 radical (unpaired) electrons. The van der Waals surface area contributed by atoms with E-state index in [2.05, 4.69) is 32.1 Å². The molecule has 1 aromatic carbocycles. The van der Waals surface area contributed by atoms with Gasteiger partial charge in [0.15, 0.2) is 5.78 Å². The first kappa shape index (κ1) is 19.0. The van der Waals surface area contributed by atoms with Crippen LogP contribution in [0.1, 0.15) is 51.5 Å². The fraction of sp³-hybridized carbons (Fsp3) is 0.538. The van der Waals surface area contributed by atoms with Gasteiger partial charge >= 0.3 is 0 Å². The molecule has 0 heterocycles. The molecular formula is C26H30O3. The van der Waals surface area contributed by atoms with E-state index in [9.17, 15) is 9.59 Å². The molecule has 0 spiro atoms. The summed E-state index contributed by atoms with van der Waals surface area (Å²) in [4.78, 5) is 25.0. The minimum Gasteiger partial charge on any atom is -0.369 e. The van der Waals surface area contributed by atoms with Gasteiger partial charge in [-0.2, -0.15) is 0 Å². The van der Waals surface area contributed by atoms with Crippen molar-refractivity contribution >= 4 is 11.6 Å². The highest BCUT2D eigenvalue weighted by Gasteiger charge is 2.60. The summed E-state index contributed by atoms with van der Waals surface area (Å²) in [5.74, 6) is 1.94. The summed E-state index contributed by atoms with van der Waals surface area (Å²) in [5.41, 5.74) is 2.00. The van der Waals surface area contributed by atoms with Crippen LogP contribution in [0.5, 0.6) is 0 Å². The van der Waals surface area contributed by atoms with Gasteiger partial charge in [0.25, 0.3) is 0 Å². The Balaban J connectivity index is 1.48. The van der Waals surface area contributed by atoms with Crippen LogP contribution in [-0.2, 0) is 20.9 Å². The maximum Gasteiger partial charge on any atom is 0.178 e. The molecule has 6 atom stereocenters. The Labute approximate surface area is 173 Å². The Morgan fingerprint density at radius 3 is 2.66 bits per heavy atom. The molecule has 3 nitrogen and oxygen atoms in total. The summed E-state index contributed by atoms with van der Waals surface area (Å²) in [5, 5.41) is 0. The van der Waals surface area contributed by atoms with Crippen molar-refractivity contribution < 1.29 is 14.3 Å². The number of allylic oxidation sites excluding steroid dienone is 3. The number of hydrogen-bond donors (Lipinski definition) is 0. The first-order valence-corrected chi connectivity index (χ1v) is 11.1. The van der Waals surface area contributed by atoms with Crippen LogP contribution in [-0.4, -0.2) is 17.7 Å². The van der Waals surface area contributed by atoms with Crippen LogP contribution in [0.25, 0.3) is 0 Å². The maximum absolute atomic E-state index is 12.7. The van der Waals surface area contributed by atoms with Crippen LogP contribution >= 0.6 is 0 Å². The van der Waals surface area contributed by atoms with Gasteiger partial charge in [-0.25, -0.2) is 0 Å². The van der Waals surface area contributed by atoms with E-state index in [1.807, 2.05) is 24.3 Å². The summed E-state index contributed by atoms with van der Waals surface area (Å²) in [6.45, 7) is 5.04. The molecule has 0 amide bonds. The molecule has 0 aromatic heterocycles. The number of carbonyl (C=O) groups excluding carboxylic acids is 2. The van der Waals surface area contributed by atoms with Crippen molar-refractivity contribution in [2.45, 2.75) is 58.7 Å². The Bertz CT molecular complexity index is 898. The van der Waals surface area contributed by atoms with Gasteiger partial charge in [-0.3, -0.25) is 9.59 Å². The second-order valence-electron chi connectivity index (χ2n) is 9.93. The zero-order valence-corrected chi connectivity index (χ0v) is 17.4. The molecule has 1 aromatic rings. The fourth-order valence-electron chi connectivity index (χ4n) is 6.92. The molecule has 3 fully saturated rings. The predicted molar refractivity (Wildman–Crippen MR) is 112 cm³/mol. The van der Waals surface area contributed by atoms with Crippen LogP contribution in [0, 0.1) is 28.6 Å². The Morgan fingerprint density at radius 1 is 1.07 bits per heavy atom. The highest BCUT2D eigenvalue weighted by atomic mass is 16.5. The van der Waals surface area contributed by atoms with Gasteiger partial charge in [-0.05, 0) is 66.7 Å². The largest absolute Gasteiger partial charge is 0.369 e. The second kappa shape index (κ2) is 6.77. The van der Waals surface area contributed by atoms with Crippen molar-refractivity contribution in [2.75, 3.05) is 0 Å². The molecule has 4 aliphatic rings. The van der Waals surface area contributed by atoms with E-state index in [0.29, 0.717) is 30.1 Å². The van der Waals surface area contributed by atoms with Gasteiger partial charge in [0.2, 0.25) is 0 Å². The van der Waals surface area contributed by atoms with E-state index in [4.69, 9.17) is 4.74 Å². The number of Topliss-reactive ketones (excluding diaryl/α,β-unsaturated/α-hetero) is 1. The fourth-order valence-corrected chi connectivity index (χ4v) is 6.92. The Kier molecular flexibility index (Phi) is 4.43. The lowest BCUT2D eigenvalue weighted by Gasteiger charge is -2.57. The summed E-state index contributed by atoms with van der Waals surface area (Å²) >= 11 is 0. The van der Waals surface area contributed by atoms with E-state index in [-0.39, 0.29) is 22.7 Å². The highest BCUT2D eigenvalue weighted by Crippen LogP contribution is 2.63. The number of rotatable bonds is 3. The first-order valence-electron chi connectivity index (χ1n) is 11.1. The number of fused-ring (bicyclic) bond motifs is 5. The lowest BCUT2D eigenvalue weighted by molar-refractivity contribution is -0.133. The lowest BCUT2D eigenvalue weighted by Crippen LogP contribution is -2.53. The van der Waals surface area contributed by atoms with E-state index < -0.39 is 0 Å². The summed E-state index contributed by atoms with van der Waals surface area (Å²) in [6.07, 6.45) is 10.4. The van der Waals surface area contributed by atoms with Crippen LogP contribution in [0.2, 0.25) is 0 Å². The molecule has 29 heavy (non-hydrogen) atoms. The average molecular weight is 391 g/mol. The number of hydrogen-bond acceptors (Lipinski definition) is 3. The van der Waals surface area contributed by atoms with Gasteiger partial charge in [0, 0.05) is 17.3 Å². The standard InChI is InChI=1S/C26H30O3/c1-25-12-10-18(27)14-22(25)23(29-16-17-6-4-3-5-7-17)15-19-20-8-9-24(28)26(20,2)13-11-21(19)25/h3-7,10,12,14,19-21,23H,8-9,11,13,15-16H2,1-2H3/t19-,20-,21-,23-,25+,26-/m0/s1. The van der Waals surface area contributed by atoms with Crippen LogP contribution < -0.4 is 0 Å². The minimum atomic E-state index is -0.156. The van der Waals surface area contributed by atoms with Crippen molar-refractivity contribution in [1.82, 2.24) is 0 Å². The van der Waals surface area contributed by atoms with Gasteiger partial charge in [0.05, 0.1) is 12.7 Å². The predicted octanol–water partition coefficient (Wildman–Crippen LogP) is 5.06. The summed E-state index contributed by atoms with van der Waals surface area (Å²) in [7, 11) is 0. The number of ether oxygens (including phenoxy) is 1. The zero-order chi connectivity index (χ0) is 20.2. The second-order valence-corrected chi connectivity index (χ2v) is 9.93. The SMILES string of the molecule is C[C@]12C=CC(=O)C=C1[C@@H](OCc1ccccc1)C[C@@H]1[C@@H]2CC[C@]2(C)C(=O)CC[C@@H]12. The van der Waals surface area contributed by atoms with Crippen molar-refractivity contribution in [3.63, 3.8) is 0 Å². The Hall–Kier alpha value is -2.00. The Morgan fingerprint density at radius 2 is 1.86 bits per heavy atom. The molecule has 0 bridgehead atoms. The van der Waals surface area contributed by atoms with Crippen molar-refractivity contribution in [1.29, 1.82) is 0 Å². The van der Waals surface area contributed by atoms with Crippen molar-refractivity contribution in [3.05, 3.63) is 59.7 Å². The molecule has 5 rings (SSSR count). The summed E-state index contributed by atoms with van der Waals surface area (Å²) < 4.78 is 6.47. The van der Waals surface area contributed by atoms with E-state index >= 15 is 0 Å². The van der Waals surface area contributed by atoms with E-state index in [1.165, 1.54) is 0 Å².